The number of aromatic hydroxyl groups is 1. The maximum Gasteiger partial charge on any atom is 0.347 e. The molecule has 18 heavy (non-hydrogen) atoms. The number of aryl methyl sites for hydroxylation is 3. The number of carboxylic acids is 1. The molecule has 0 saturated heterocycles. The molecule has 0 amide bonds. The monoisotopic (exact) mass is 263 g/mol. The van der Waals surface area contributed by atoms with Gasteiger partial charge in [-0.05, 0) is 44.0 Å². The minimum Gasteiger partial charge on any atom is -0.507 e. The Kier molecular flexibility index (Phi) is 3.09. The summed E-state index contributed by atoms with van der Waals surface area (Å²) < 4.78 is 0. The van der Waals surface area contributed by atoms with Crippen LogP contribution in [0.3, 0.4) is 0 Å². The molecule has 0 unspecified atom stereocenters. The van der Waals surface area contributed by atoms with Gasteiger partial charge in [-0.1, -0.05) is 0 Å². The Balaban J connectivity index is 2.56. The first kappa shape index (κ1) is 12.6. The molecule has 0 aliphatic carbocycles. The van der Waals surface area contributed by atoms with Gasteiger partial charge in [0.05, 0.1) is 5.69 Å². The van der Waals surface area contributed by atoms with Crippen LogP contribution < -0.4 is 0 Å². The van der Waals surface area contributed by atoms with Crippen LogP contribution in [-0.2, 0) is 0 Å². The van der Waals surface area contributed by atoms with Crippen molar-refractivity contribution < 1.29 is 15.0 Å². The quantitative estimate of drug-likeness (QED) is 0.873. The lowest BCUT2D eigenvalue weighted by Gasteiger charge is -2.05. The number of phenols is 1. The van der Waals surface area contributed by atoms with Crippen molar-refractivity contribution in [3.8, 4) is 16.3 Å². The van der Waals surface area contributed by atoms with Crippen molar-refractivity contribution >= 4 is 17.3 Å². The second kappa shape index (κ2) is 4.42. The van der Waals surface area contributed by atoms with Crippen molar-refractivity contribution in [3.63, 3.8) is 0 Å². The van der Waals surface area contributed by atoms with E-state index >= 15 is 0 Å². The summed E-state index contributed by atoms with van der Waals surface area (Å²) in [7, 11) is 0. The molecule has 0 fully saturated rings. The Labute approximate surface area is 109 Å². The molecule has 0 atom stereocenters. The van der Waals surface area contributed by atoms with E-state index in [0.29, 0.717) is 10.7 Å². The highest BCUT2D eigenvalue weighted by Gasteiger charge is 2.16. The minimum absolute atomic E-state index is 0.258. The average molecular weight is 263 g/mol. The largest absolute Gasteiger partial charge is 0.507 e. The van der Waals surface area contributed by atoms with Gasteiger partial charge in [-0.3, -0.25) is 0 Å². The van der Waals surface area contributed by atoms with Gasteiger partial charge in [0.25, 0.3) is 0 Å². The third kappa shape index (κ3) is 2.09. The fourth-order valence-corrected chi connectivity index (χ4v) is 2.69. The number of rotatable bonds is 2. The topological polar surface area (TPSA) is 70.4 Å². The average Bonchev–Trinajstić information content (AvgIpc) is 2.67. The van der Waals surface area contributed by atoms with Crippen molar-refractivity contribution in [3.05, 3.63) is 33.8 Å². The number of aromatic nitrogens is 1. The molecule has 2 rings (SSSR count). The molecule has 0 radical (unpaired) electrons. The molecular formula is C13H13NO3S. The van der Waals surface area contributed by atoms with Crippen LogP contribution in [-0.4, -0.2) is 21.2 Å². The van der Waals surface area contributed by atoms with Crippen molar-refractivity contribution in [2.24, 2.45) is 0 Å². The van der Waals surface area contributed by atoms with Crippen LogP contribution in [0.2, 0.25) is 0 Å². The Morgan fingerprint density at radius 1 is 1.22 bits per heavy atom. The van der Waals surface area contributed by atoms with E-state index in [1.165, 1.54) is 0 Å². The molecule has 0 aliphatic rings. The zero-order chi connectivity index (χ0) is 13.4. The maximum atomic E-state index is 11.0. The van der Waals surface area contributed by atoms with Crippen molar-refractivity contribution in [2.75, 3.05) is 0 Å². The fraction of sp³-hybridized carbons (Fsp3) is 0.231. The van der Waals surface area contributed by atoms with Crippen LogP contribution in [0.1, 0.15) is 26.5 Å². The molecule has 1 aromatic heterocycles. The van der Waals surface area contributed by atoms with E-state index in [2.05, 4.69) is 4.98 Å². The number of carbonyl (C=O) groups is 1. The normalized spacial score (nSPS) is 10.6. The second-order valence-corrected chi connectivity index (χ2v) is 5.20. The number of benzene rings is 1. The van der Waals surface area contributed by atoms with Gasteiger partial charge in [-0.2, -0.15) is 0 Å². The fourth-order valence-electron chi connectivity index (χ4n) is 1.80. The van der Waals surface area contributed by atoms with E-state index in [9.17, 15) is 9.90 Å². The number of carboxylic acid groups (broad SMARTS) is 1. The van der Waals surface area contributed by atoms with E-state index in [-0.39, 0.29) is 10.6 Å². The van der Waals surface area contributed by atoms with Gasteiger partial charge in [-0.25, -0.2) is 9.78 Å². The number of phenolic OH excluding ortho intramolecular Hbond substituents is 1. The van der Waals surface area contributed by atoms with Gasteiger partial charge in [-0.15, -0.1) is 11.3 Å². The molecule has 4 nitrogen and oxygen atoms in total. The van der Waals surface area contributed by atoms with Gasteiger partial charge in [0, 0.05) is 5.56 Å². The van der Waals surface area contributed by atoms with E-state index in [0.717, 1.165) is 28.0 Å². The minimum atomic E-state index is -0.955. The molecule has 0 spiro atoms. The highest BCUT2D eigenvalue weighted by molar-refractivity contribution is 7.17. The predicted octanol–water partition coefficient (Wildman–Crippen LogP) is 3.14. The summed E-state index contributed by atoms with van der Waals surface area (Å²) in [6.07, 6.45) is 0. The summed E-state index contributed by atoms with van der Waals surface area (Å²) >= 11 is 1.15. The lowest BCUT2D eigenvalue weighted by atomic mass is 10.1. The van der Waals surface area contributed by atoms with Crippen LogP contribution in [0, 0.1) is 20.8 Å². The number of hydrogen-bond donors (Lipinski definition) is 2. The summed E-state index contributed by atoms with van der Waals surface area (Å²) in [5.74, 6) is -0.686. The molecule has 0 aliphatic heterocycles. The van der Waals surface area contributed by atoms with Gasteiger partial charge in [0.15, 0.2) is 0 Å². The van der Waals surface area contributed by atoms with Crippen LogP contribution >= 0.6 is 11.3 Å². The molecule has 94 valence electrons. The molecular weight excluding hydrogens is 250 g/mol. The van der Waals surface area contributed by atoms with Crippen LogP contribution in [0.15, 0.2) is 12.1 Å². The third-order valence-corrected chi connectivity index (χ3v) is 3.92. The zero-order valence-corrected chi connectivity index (χ0v) is 11.1. The Morgan fingerprint density at radius 2 is 1.78 bits per heavy atom. The first-order valence-electron chi connectivity index (χ1n) is 5.41. The van der Waals surface area contributed by atoms with E-state index in [1.54, 1.807) is 6.92 Å². The Bertz CT molecular complexity index is 608. The molecule has 2 aromatic rings. The van der Waals surface area contributed by atoms with E-state index < -0.39 is 5.97 Å². The standard InChI is InChI=1S/C13H13NO3S/c1-6-4-9(5-7(2)10(6)15)12-14-8(3)11(18-12)13(16)17/h4-5,15H,1-3H3,(H,16,17). The predicted molar refractivity (Wildman–Crippen MR) is 70.4 cm³/mol. The molecule has 0 saturated carbocycles. The molecule has 2 N–H and O–H groups in total. The molecule has 0 bridgehead atoms. The van der Waals surface area contributed by atoms with Crippen molar-refractivity contribution in [2.45, 2.75) is 20.8 Å². The summed E-state index contributed by atoms with van der Waals surface area (Å²) in [5.41, 5.74) is 2.87. The van der Waals surface area contributed by atoms with Gasteiger partial charge >= 0.3 is 5.97 Å². The SMILES string of the molecule is Cc1cc(-c2nc(C)c(C(=O)O)s2)cc(C)c1O. The maximum absolute atomic E-state index is 11.0. The molecule has 5 heteroatoms. The summed E-state index contributed by atoms with van der Waals surface area (Å²) in [5, 5.41) is 19.4. The van der Waals surface area contributed by atoms with E-state index in [1.807, 2.05) is 26.0 Å². The smallest absolute Gasteiger partial charge is 0.347 e. The van der Waals surface area contributed by atoms with Crippen molar-refractivity contribution in [1.82, 2.24) is 4.98 Å². The van der Waals surface area contributed by atoms with Gasteiger partial charge < -0.3 is 10.2 Å². The molecule has 1 aromatic carbocycles. The summed E-state index contributed by atoms with van der Waals surface area (Å²) in [4.78, 5) is 15.5. The Morgan fingerprint density at radius 3 is 2.22 bits per heavy atom. The van der Waals surface area contributed by atoms with Gasteiger partial charge in [0.1, 0.15) is 15.6 Å². The Hall–Kier alpha value is -1.88. The molecule has 1 heterocycles. The van der Waals surface area contributed by atoms with Crippen LogP contribution in [0.5, 0.6) is 5.75 Å². The van der Waals surface area contributed by atoms with Crippen LogP contribution in [0.25, 0.3) is 10.6 Å². The number of nitrogens with zero attached hydrogens (tertiary/aromatic N) is 1. The number of aromatic carboxylic acids is 1. The lowest BCUT2D eigenvalue weighted by molar-refractivity contribution is 0.0701. The van der Waals surface area contributed by atoms with Gasteiger partial charge in [0.2, 0.25) is 0 Å². The highest BCUT2D eigenvalue weighted by Crippen LogP contribution is 2.32. The highest BCUT2D eigenvalue weighted by atomic mass is 32.1. The first-order valence-corrected chi connectivity index (χ1v) is 6.23. The second-order valence-electron chi connectivity index (χ2n) is 4.20. The summed E-state index contributed by atoms with van der Waals surface area (Å²) in [6, 6.07) is 3.62. The first-order chi connectivity index (χ1) is 8.40. The van der Waals surface area contributed by atoms with Crippen molar-refractivity contribution in [1.29, 1.82) is 0 Å². The number of thiazole rings is 1. The summed E-state index contributed by atoms with van der Waals surface area (Å²) in [6.45, 7) is 5.30. The third-order valence-electron chi connectivity index (χ3n) is 2.73. The van der Waals surface area contributed by atoms with Crippen LogP contribution in [0.4, 0.5) is 0 Å². The lowest BCUT2D eigenvalue weighted by Crippen LogP contribution is -1.94. The van der Waals surface area contributed by atoms with E-state index in [4.69, 9.17) is 5.11 Å². The zero-order valence-electron chi connectivity index (χ0n) is 10.3. The number of hydrogen-bond acceptors (Lipinski definition) is 4.